The Bertz CT molecular complexity index is 1160. The first-order chi connectivity index (χ1) is 16.4. The number of aromatic nitrogens is 2. The van der Waals surface area contributed by atoms with E-state index in [1.54, 1.807) is 12.1 Å². The number of ether oxygens (including phenoxy) is 1. The standard InChI is InChI=1S/C25H29N3O6/c1-4-16-9-18(6-7-19(16)12-29)25-27-24(28-34-25)20-8-15(3)23(17(5-2)10-20)33-14-21(31)11-26-22(32)13-30/h6-10,12,21,30-31H,4-5,11,13-14H2,1-3H3,(H,26,32). The minimum Gasteiger partial charge on any atom is -0.490 e. The first-order valence-corrected chi connectivity index (χ1v) is 11.1. The maximum atomic E-state index is 11.2. The van der Waals surface area contributed by atoms with Crippen molar-refractivity contribution in [3.8, 4) is 28.6 Å². The normalized spacial score (nSPS) is 11.8. The molecule has 0 saturated carbocycles. The van der Waals surface area contributed by atoms with E-state index < -0.39 is 18.6 Å². The molecule has 0 aliphatic carbocycles. The molecule has 2 aromatic carbocycles. The van der Waals surface area contributed by atoms with Crippen molar-refractivity contribution in [1.29, 1.82) is 0 Å². The van der Waals surface area contributed by atoms with Gasteiger partial charge in [-0.15, -0.1) is 0 Å². The summed E-state index contributed by atoms with van der Waals surface area (Å²) in [5.74, 6) is 0.897. The van der Waals surface area contributed by atoms with Crippen molar-refractivity contribution in [1.82, 2.24) is 15.5 Å². The number of nitrogens with zero attached hydrogens (tertiary/aromatic N) is 2. The summed E-state index contributed by atoms with van der Waals surface area (Å²) in [6.45, 7) is 5.21. The fourth-order valence-corrected chi connectivity index (χ4v) is 3.59. The van der Waals surface area contributed by atoms with Gasteiger partial charge in [-0.25, -0.2) is 0 Å². The van der Waals surface area contributed by atoms with Crippen LogP contribution in [-0.2, 0) is 17.6 Å². The van der Waals surface area contributed by atoms with Crippen molar-refractivity contribution in [3.63, 3.8) is 0 Å². The summed E-state index contributed by atoms with van der Waals surface area (Å²) in [7, 11) is 0. The number of carbonyl (C=O) groups is 2. The zero-order valence-electron chi connectivity index (χ0n) is 19.5. The summed E-state index contributed by atoms with van der Waals surface area (Å²) in [6.07, 6.45) is 1.31. The van der Waals surface area contributed by atoms with Gasteiger partial charge in [0, 0.05) is 23.2 Å². The largest absolute Gasteiger partial charge is 0.490 e. The van der Waals surface area contributed by atoms with Gasteiger partial charge in [-0.3, -0.25) is 9.59 Å². The predicted octanol–water partition coefficient (Wildman–Crippen LogP) is 2.50. The average molecular weight is 468 g/mol. The third-order valence-electron chi connectivity index (χ3n) is 5.41. The highest BCUT2D eigenvalue weighted by molar-refractivity contribution is 5.79. The van der Waals surface area contributed by atoms with Gasteiger partial charge in [0.25, 0.3) is 5.89 Å². The Morgan fingerprint density at radius 3 is 2.59 bits per heavy atom. The van der Waals surface area contributed by atoms with Crippen LogP contribution in [0.5, 0.6) is 5.75 Å². The van der Waals surface area contributed by atoms with Crippen molar-refractivity contribution in [2.45, 2.75) is 39.7 Å². The molecule has 34 heavy (non-hydrogen) atoms. The quantitative estimate of drug-likeness (QED) is 0.366. The Kier molecular flexibility index (Phi) is 8.50. The molecule has 1 amide bonds. The van der Waals surface area contributed by atoms with Gasteiger partial charge in [0.15, 0.2) is 0 Å². The molecule has 3 N–H and O–H groups in total. The molecule has 1 aromatic heterocycles. The summed E-state index contributed by atoms with van der Waals surface area (Å²) >= 11 is 0. The molecule has 0 radical (unpaired) electrons. The van der Waals surface area contributed by atoms with Crippen LogP contribution < -0.4 is 10.1 Å². The van der Waals surface area contributed by atoms with Crippen LogP contribution in [0, 0.1) is 6.92 Å². The Labute approximate surface area is 197 Å². The molecule has 0 fully saturated rings. The second-order valence-corrected chi connectivity index (χ2v) is 7.87. The smallest absolute Gasteiger partial charge is 0.258 e. The van der Waals surface area contributed by atoms with Gasteiger partial charge in [-0.2, -0.15) is 4.98 Å². The van der Waals surface area contributed by atoms with Gasteiger partial charge in [0.2, 0.25) is 11.7 Å². The summed E-state index contributed by atoms with van der Waals surface area (Å²) < 4.78 is 11.3. The molecule has 0 aliphatic heterocycles. The van der Waals surface area contributed by atoms with Crippen LogP contribution in [0.3, 0.4) is 0 Å². The van der Waals surface area contributed by atoms with Crippen LogP contribution in [0.2, 0.25) is 0 Å². The fourth-order valence-electron chi connectivity index (χ4n) is 3.59. The number of aliphatic hydroxyl groups is 2. The number of carbonyl (C=O) groups excluding carboxylic acids is 2. The zero-order valence-corrected chi connectivity index (χ0v) is 19.5. The van der Waals surface area contributed by atoms with Gasteiger partial charge in [-0.05, 0) is 60.7 Å². The summed E-state index contributed by atoms with van der Waals surface area (Å²) in [4.78, 5) is 26.9. The van der Waals surface area contributed by atoms with Crippen LogP contribution in [0.15, 0.2) is 34.9 Å². The summed E-state index contributed by atoms with van der Waals surface area (Å²) in [5.41, 5.74) is 4.83. The van der Waals surface area contributed by atoms with E-state index in [1.807, 2.05) is 39.0 Å². The van der Waals surface area contributed by atoms with Crippen LogP contribution in [-0.4, -0.2) is 58.4 Å². The lowest BCUT2D eigenvalue weighted by Crippen LogP contribution is -2.36. The Balaban J connectivity index is 1.79. The average Bonchev–Trinajstić information content (AvgIpc) is 3.35. The Hall–Kier alpha value is -3.56. The van der Waals surface area contributed by atoms with E-state index in [0.29, 0.717) is 35.9 Å². The molecule has 0 aliphatic rings. The van der Waals surface area contributed by atoms with Gasteiger partial charge in [-0.1, -0.05) is 25.1 Å². The maximum Gasteiger partial charge on any atom is 0.258 e. The predicted molar refractivity (Wildman–Crippen MR) is 126 cm³/mol. The van der Waals surface area contributed by atoms with E-state index in [4.69, 9.17) is 14.4 Å². The van der Waals surface area contributed by atoms with Crippen molar-refractivity contribution in [2.75, 3.05) is 19.8 Å². The third-order valence-corrected chi connectivity index (χ3v) is 5.41. The lowest BCUT2D eigenvalue weighted by Gasteiger charge is -2.17. The molecular formula is C25H29N3O6. The van der Waals surface area contributed by atoms with Crippen molar-refractivity contribution >= 4 is 12.2 Å². The van der Waals surface area contributed by atoms with E-state index in [2.05, 4.69) is 15.5 Å². The van der Waals surface area contributed by atoms with Gasteiger partial charge in [0.05, 0.1) is 0 Å². The topological polar surface area (TPSA) is 135 Å². The molecule has 0 bridgehead atoms. The molecule has 1 unspecified atom stereocenters. The highest BCUT2D eigenvalue weighted by atomic mass is 16.5. The Morgan fingerprint density at radius 1 is 1.18 bits per heavy atom. The van der Waals surface area contributed by atoms with Crippen LogP contribution in [0.25, 0.3) is 22.8 Å². The molecule has 0 spiro atoms. The Morgan fingerprint density at radius 2 is 1.91 bits per heavy atom. The first kappa shape index (κ1) is 25.1. The number of hydrogen-bond acceptors (Lipinski definition) is 8. The molecule has 1 atom stereocenters. The third kappa shape index (κ3) is 5.86. The SMILES string of the molecule is CCc1cc(-c2nc(-c3cc(C)c(OCC(O)CNC(=O)CO)c(CC)c3)no2)ccc1C=O. The lowest BCUT2D eigenvalue weighted by molar-refractivity contribution is -0.124. The van der Waals surface area contributed by atoms with Crippen molar-refractivity contribution < 1.29 is 29.1 Å². The first-order valence-electron chi connectivity index (χ1n) is 11.1. The molecule has 9 nitrogen and oxygen atoms in total. The number of nitrogens with one attached hydrogen (secondary N) is 1. The molecular weight excluding hydrogens is 438 g/mol. The van der Waals surface area contributed by atoms with Crippen LogP contribution in [0.4, 0.5) is 0 Å². The number of aryl methyl sites for hydroxylation is 3. The highest BCUT2D eigenvalue weighted by Gasteiger charge is 2.17. The monoisotopic (exact) mass is 467 g/mol. The number of rotatable bonds is 11. The minimum absolute atomic E-state index is 0.0121. The summed E-state index contributed by atoms with van der Waals surface area (Å²) in [5, 5.41) is 25.3. The molecule has 3 rings (SSSR count). The summed E-state index contributed by atoms with van der Waals surface area (Å²) in [6, 6.07) is 9.23. The van der Waals surface area contributed by atoms with Gasteiger partial charge in [0.1, 0.15) is 31.4 Å². The minimum atomic E-state index is -0.919. The van der Waals surface area contributed by atoms with E-state index in [-0.39, 0.29) is 13.2 Å². The molecule has 3 aromatic rings. The van der Waals surface area contributed by atoms with E-state index in [0.717, 1.165) is 34.1 Å². The molecule has 180 valence electrons. The lowest BCUT2D eigenvalue weighted by atomic mass is 10.0. The van der Waals surface area contributed by atoms with Crippen molar-refractivity contribution in [3.05, 3.63) is 52.6 Å². The number of hydrogen-bond donors (Lipinski definition) is 3. The second kappa shape index (κ2) is 11.5. The van der Waals surface area contributed by atoms with Crippen LogP contribution in [0.1, 0.15) is 40.9 Å². The van der Waals surface area contributed by atoms with Gasteiger partial charge >= 0.3 is 0 Å². The highest BCUT2D eigenvalue weighted by Crippen LogP contribution is 2.31. The molecule has 9 heteroatoms. The maximum absolute atomic E-state index is 11.2. The van der Waals surface area contributed by atoms with E-state index >= 15 is 0 Å². The molecule has 0 saturated heterocycles. The zero-order chi connectivity index (χ0) is 24.7. The second-order valence-electron chi connectivity index (χ2n) is 7.87. The van der Waals surface area contributed by atoms with Crippen LogP contribution >= 0.6 is 0 Å². The number of benzene rings is 2. The van der Waals surface area contributed by atoms with E-state index in [1.165, 1.54) is 0 Å². The number of amides is 1. The molecule has 1 heterocycles. The fraction of sp³-hybridized carbons (Fsp3) is 0.360. The van der Waals surface area contributed by atoms with Gasteiger partial charge < -0.3 is 24.8 Å². The number of aliphatic hydroxyl groups excluding tert-OH is 2. The van der Waals surface area contributed by atoms with Crippen molar-refractivity contribution in [2.24, 2.45) is 0 Å². The number of aldehydes is 1. The van der Waals surface area contributed by atoms with E-state index in [9.17, 15) is 14.7 Å².